The molecule has 0 amide bonds. The molecule has 1 rings (SSSR count). The molecule has 1 aliphatic heterocycles. The van der Waals surface area contributed by atoms with Crippen LogP contribution in [-0.4, -0.2) is 63.2 Å². The van der Waals surface area contributed by atoms with Gasteiger partial charge in [0.15, 0.2) is 0 Å². The van der Waals surface area contributed by atoms with Crippen LogP contribution in [0.2, 0.25) is 0 Å². The summed E-state index contributed by atoms with van der Waals surface area (Å²) >= 11 is 0. The summed E-state index contributed by atoms with van der Waals surface area (Å²) in [7, 11) is 4.42. The van der Waals surface area contributed by atoms with Gasteiger partial charge >= 0.3 is 0 Å². The van der Waals surface area contributed by atoms with E-state index in [0.29, 0.717) is 0 Å². The Morgan fingerprint density at radius 3 is 2.23 bits per heavy atom. The SMILES string of the molecule is CN1CCCCNCCN(C)CC1. The van der Waals surface area contributed by atoms with Gasteiger partial charge in [-0.2, -0.15) is 0 Å². The molecule has 3 heteroatoms. The molecule has 0 unspecified atom stereocenters. The second-order valence-corrected chi connectivity index (χ2v) is 4.06. The van der Waals surface area contributed by atoms with Crippen LogP contribution in [0.5, 0.6) is 0 Å². The van der Waals surface area contributed by atoms with Crippen LogP contribution in [0.15, 0.2) is 0 Å². The first kappa shape index (κ1) is 11.0. The predicted molar refractivity (Wildman–Crippen MR) is 57.1 cm³/mol. The quantitative estimate of drug-likeness (QED) is 0.583. The Balaban J connectivity index is 2.24. The molecule has 1 heterocycles. The van der Waals surface area contributed by atoms with Crippen molar-refractivity contribution in [1.29, 1.82) is 0 Å². The lowest BCUT2D eigenvalue weighted by Gasteiger charge is -2.20. The van der Waals surface area contributed by atoms with Crippen LogP contribution in [0.4, 0.5) is 0 Å². The molecular formula is C10H23N3. The molecule has 1 saturated heterocycles. The van der Waals surface area contributed by atoms with E-state index in [1.165, 1.54) is 45.6 Å². The zero-order valence-electron chi connectivity index (χ0n) is 9.05. The molecule has 0 bridgehead atoms. The summed E-state index contributed by atoms with van der Waals surface area (Å²) in [4.78, 5) is 4.83. The Morgan fingerprint density at radius 1 is 0.769 bits per heavy atom. The lowest BCUT2D eigenvalue weighted by molar-refractivity contribution is 0.260. The Labute approximate surface area is 82.1 Å². The van der Waals surface area contributed by atoms with Gasteiger partial charge in [0, 0.05) is 26.2 Å². The van der Waals surface area contributed by atoms with Crippen molar-refractivity contribution in [1.82, 2.24) is 15.1 Å². The molecule has 0 radical (unpaired) electrons. The summed E-state index contributed by atoms with van der Waals surface area (Å²) < 4.78 is 0. The van der Waals surface area contributed by atoms with Crippen molar-refractivity contribution in [3.63, 3.8) is 0 Å². The molecular weight excluding hydrogens is 162 g/mol. The van der Waals surface area contributed by atoms with Gasteiger partial charge in [0.1, 0.15) is 0 Å². The molecule has 3 nitrogen and oxygen atoms in total. The standard InChI is InChI=1S/C10H23N3/c1-12-7-4-3-5-11-6-8-13(2)10-9-12/h11H,3-10H2,1-2H3. The summed E-state index contributed by atoms with van der Waals surface area (Å²) in [6.07, 6.45) is 2.64. The Bertz CT molecular complexity index is 113. The number of nitrogens with zero attached hydrogens (tertiary/aromatic N) is 2. The fourth-order valence-corrected chi connectivity index (χ4v) is 1.59. The van der Waals surface area contributed by atoms with E-state index >= 15 is 0 Å². The topological polar surface area (TPSA) is 18.5 Å². The van der Waals surface area contributed by atoms with Gasteiger partial charge in [-0.15, -0.1) is 0 Å². The van der Waals surface area contributed by atoms with E-state index in [1.54, 1.807) is 0 Å². The van der Waals surface area contributed by atoms with Gasteiger partial charge in [-0.25, -0.2) is 0 Å². The van der Waals surface area contributed by atoms with E-state index in [-0.39, 0.29) is 0 Å². The van der Waals surface area contributed by atoms with Crippen LogP contribution in [0, 0.1) is 0 Å². The van der Waals surface area contributed by atoms with E-state index < -0.39 is 0 Å². The van der Waals surface area contributed by atoms with E-state index in [9.17, 15) is 0 Å². The Morgan fingerprint density at radius 2 is 1.46 bits per heavy atom. The lowest BCUT2D eigenvalue weighted by atomic mass is 10.3. The summed E-state index contributed by atoms with van der Waals surface area (Å²) in [6.45, 7) is 7.14. The second kappa shape index (κ2) is 6.35. The molecule has 1 fully saturated rings. The summed E-state index contributed by atoms with van der Waals surface area (Å²) in [6, 6.07) is 0. The van der Waals surface area contributed by atoms with Gasteiger partial charge in [0.25, 0.3) is 0 Å². The molecule has 13 heavy (non-hydrogen) atoms. The van der Waals surface area contributed by atoms with Crippen molar-refractivity contribution in [2.24, 2.45) is 0 Å². The Hall–Kier alpha value is -0.120. The molecule has 78 valence electrons. The number of hydrogen-bond donors (Lipinski definition) is 1. The molecule has 0 spiro atoms. The zero-order chi connectivity index (χ0) is 9.52. The van der Waals surface area contributed by atoms with Gasteiger partial charge in [-0.05, 0) is 40.0 Å². The minimum absolute atomic E-state index is 1.14. The highest BCUT2D eigenvalue weighted by molar-refractivity contribution is 4.61. The lowest BCUT2D eigenvalue weighted by Crippen LogP contribution is -2.34. The highest BCUT2D eigenvalue weighted by Crippen LogP contribution is 1.94. The van der Waals surface area contributed by atoms with E-state index in [1.807, 2.05) is 0 Å². The van der Waals surface area contributed by atoms with E-state index in [2.05, 4.69) is 29.2 Å². The van der Waals surface area contributed by atoms with Crippen molar-refractivity contribution < 1.29 is 0 Å². The van der Waals surface area contributed by atoms with E-state index in [4.69, 9.17) is 0 Å². The summed E-state index contributed by atoms with van der Waals surface area (Å²) in [5, 5.41) is 3.47. The first-order valence-electron chi connectivity index (χ1n) is 5.37. The maximum Gasteiger partial charge on any atom is 0.0107 e. The van der Waals surface area contributed by atoms with Crippen molar-refractivity contribution in [3.8, 4) is 0 Å². The second-order valence-electron chi connectivity index (χ2n) is 4.06. The van der Waals surface area contributed by atoms with Crippen LogP contribution >= 0.6 is 0 Å². The predicted octanol–water partition coefficient (Wildman–Crippen LogP) is 0.233. The van der Waals surface area contributed by atoms with Crippen LogP contribution in [-0.2, 0) is 0 Å². The van der Waals surface area contributed by atoms with Crippen LogP contribution in [0.3, 0.4) is 0 Å². The van der Waals surface area contributed by atoms with E-state index in [0.717, 1.165) is 6.54 Å². The molecule has 0 saturated carbocycles. The highest BCUT2D eigenvalue weighted by atomic mass is 15.2. The van der Waals surface area contributed by atoms with Gasteiger partial charge in [-0.1, -0.05) is 0 Å². The number of likely N-dealkylation sites (N-methyl/N-ethyl adjacent to an activating group) is 2. The van der Waals surface area contributed by atoms with Crippen molar-refractivity contribution in [2.45, 2.75) is 12.8 Å². The smallest absolute Gasteiger partial charge is 0.0107 e. The largest absolute Gasteiger partial charge is 0.315 e. The molecule has 0 aromatic carbocycles. The average Bonchev–Trinajstić information content (AvgIpc) is 2.15. The van der Waals surface area contributed by atoms with Gasteiger partial charge in [0.2, 0.25) is 0 Å². The third-order valence-corrected chi connectivity index (χ3v) is 2.68. The summed E-state index contributed by atoms with van der Waals surface area (Å²) in [5.41, 5.74) is 0. The third kappa shape index (κ3) is 5.24. The van der Waals surface area contributed by atoms with Crippen molar-refractivity contribution in [3.05, 3.63) is 0 Å². The molecule has 0 atom stereocenters. The minimum atomic E-state index is 1.14. The first-order chi connectivity index (χ1) is 6.29. The summed E-state index contributed by atoms with van der Waals surface area (Å²) in [5.74, 6) is 0. The van der Waals surface area contributed by atoms with Gasteiger partial charge < -0.3 is 15.1 Å². The fourth-order valence-electron chi connectivity index (χ4n) is 1.59. The molecule has 0 aliphatic carbocycles. The van der Waals surface area contributed by atoms with Crippen molar-refractivity contribution in [2.75, 3.05) is 53.4 Å². The fraction of sp³-hybridized carbons (Fsp3) is 1.00. The molecule has 0 aromatic rings. The molecule has 0 aromatic heterocycles. The highest BCUT2D eigenvalue weighted by Gasteiger charge is 2.03. The molecule has 1 aliphatic rings. The maximum absolute atomic E-state index is 3.47. The third-order valence-electron chi connectivity index (χ3n) is 2.68. The van der Waals surface area contributed by atoms with Crippen LogP contribution < -0.4 is 5.32 Å². The Kier molecular flexibility index (Phi) is 5.35. The van der Waals surface area contributed by atoms with Gasteiger partial charge in [0.05, 0.1) is 0 Å². The minimum Gasteiger partial charge on any atom is -0.315 e. The monoisotopic (exact) mass is 185 g/mol. The average molecular weight is 185 g/mol. The number of hydrogen-bond acceptors (Lipinski definition) is 3. The van der Waals surface area contributed by atoms with Crippen LogP contribution in [0.1, 0.15) is 12.8 Å². The first-order valence-corrected chi connectivity index (χ1v) is 5.37. The molecule has 1 N–H and O–H groups in total. The normalized spacial score (nSPS) is 25.4. The zero-order valence-corrected chi connectivity index (χ0v) is 9.05. The van der Waals surface area contributed by atoms with Crippen molar-refractivity contribution >= 4 is 0 Å². The number of rotatable bonds is 0. The van der Waals surface area contributed by atoms with Gasteiger partial charge in [-0.3, -0.25) is 0 Å². The number of nitrogens with one attached hydrogen (secondary N) is 1. The maximum atomic E-state index is 3.47. The van der Waals surface area contributed by atoms with Crippen LogP contribution in [0.25, 0.3) is 0 Å².